The van der Waals surface area contributed by atoms with Gasteiger partial charge in [-0.15, -0.1) is 11.3 Å². The van der Waals surface area contributed by atoms with Gasteiger partial charge in [0.25, 0.3) is 0 Å². The molecule has 5 heteroatoms. The van der Waals surface area contributed by atoms with Crippen molar-refractivity contribution in [2.45, 2.75) is 39.4 Å². The maximum atomic E-state index is 4.21. The van der Waals surface area contributed by atoms with E-state index in [2.05, 4.69) is 40.6 Å². The van der Waals surface area contributed by atoms with E-state index in [1.165, 1.54) is 10.6 Å². The Labute approximate surface area is 106 Å². The van der Waals surface area contributed by atoms with Gasteiger partial charge in [0.2, 0.25) is 0 Å². The number of hydrogen-bond acceptors (Lipinski definition) is 4. The number of nitrogens with zero attached hydrogens (tertiary/aromatic N) is 3. The van der Waals surface area contributed by atoms with Crippen molar-refractivity contribution in [3.63, 3.8) is 0 Å². The van der Waals surface area contributed by atoms with E-state index in [-0.39, 0.29) is 5.54 Å². The average molecular weight is 250 g/mol. The van der Waals surface area contributed by atoms with Crippen molar-refractivity contribution < 1.29 is 0 Å². The maximum absolute atomic E-state index is 4.21. The zero-order chi connectivity index (χ0) is 12.3. The normalized spacial score (nSPS) is 11.9. The lowest BCUT2D eigenvalue weighted by atomic mass is 10.1. The molecule has 0 aromatic carbocycles. The molecule has 17 heavy (non-hydrogen) atoms. The molecule has 0 aliphatic rings. The number of thiazole rings is 1. The minimum Gasteiger partial charge on any atom is -0.328 e. The standard InChI is InChI=1S/C12H18N4S/c1-12(2,3)15-5-10-4-13-8-16(10)7-11-6-14-9-17-11/h4,6,8-9,15H,5,7H2,1-3H3. The van der Waals surface area contributed by atoms with E-state index in [9.17, 15) is 0 Å². The van der Waals surface area contributed by atoms with Crippen LogP contribution in [0.25, 0.3) is 0 Å². The molecular weight excluding hydrogens is 232 g/mol. The highest BCUT2D eigenvalue weighted by molar-refractivity contribution is 7.09. The van der Waals surface area contributed by atoms with Gasteiger partial charge in [-0.3, -0.25) is 4.98 Å². The molecule has 0 amide bonds. The predicted octanol–water partition coefficient (Wildman–Crippen LogP) is 2.28. The SMILES string of the molecule is CC(C)(C)NCc1cncn1Cc1cncs1. The van der Waals surface area contributed by atoms with Gasteiger partial charge in [-0.2, -0.15) is 0 Å². The molecule has 0 unspecified atom stereocenters. The van der Waals surface area contributed by atoms with Crippen LogP contribution in [-0.4, -0.2) is 20.1 Å². The summed E-state index contributed by atoms with van der Waals surface area (Å²) >= 11 is 1.67. The highest BCUT2D eigenvalue weighted by Crippen LogP contribution is 2.11. The van der Waals surface area contributed by atoms with Gasteiger partial charge >= 0.3 is 0 Å². The number of hydrogen-bond donors (Lipinski definition) is 1. The molecule has 0 saturated carbocycles. The fourth-order valence-corrected chi connectivity index (χ4v) is 2.07. The topological polar surface area (TPSA) is 42.7 Å². The van der Waals surface area contributed by atoms with Gasteiger partial charge in [0.05, 0.1) is 24.1 Å². The second-order valence-electron chi connectivity index (χ2n) is 5.08. The van der Waals surface area contributed by atoms with Crippen LogP contribution in [0.5, 0.6) is 0 Å². The fourth-order valence-electron chi connectivity index (χ4n) is 1.48. The Morgan fingerprint density at radius 1 is 1.29 bits per heavy atom. The molecule has 0 saturated heterocycles. The van der Waals surface area contributed by atoms with Gasteiger partial charge < -0.3 is 9.88 Å². The minimum atomic E-state index is 0.125. The van der Waals surface area contributed by atoms with Gasteiger partial charge in [0.15, 0.2) is 0 Å². The van der Waals surface area contributed by atoms with Crippen molar-refractivity contribution in [1.29, 1.82) is 0 Å². The predicted molar refractivity (Wildman–Crippen MR) is 70.0 cm³/mol. The summed E-state index contributed by atoms with van der Waals surface area (Å²) in [4.78, 5) is 9.55. The Morgan fingerprint density at radius 2 is 2.12 bits per heavy atom. The molecule has 0 aliphatic heterocycles. The summed E-state index contributed by atoms with van der Waals surface area (Å²) < 4.78 is 2.16. The summed E-state index contributed by atoms with van der Waals surface area (Å²) in [5, 5.41) is 3.47. The van der Waals surface area contributed by atoms with Crippen LogP contribution in [0, 0.1) is 0 Å². The first kappa shape index (κ1) is 12.3. The Morgan fingerprint density at radius 3 is 2.76 bits per heavy atom. The molecule has 92 valence electrons. The molecule has 2 aromatic rings. The number of aromatic nitrogens is 3. The number of nitrogens with one attached hydrogen (secondary N) is 1. The number of rotatable bonds is 4. The first-order chi connectivity index (χ1) is 8.04. The molecule has 1 N–H and O–H groups in total. The smallest absolute Gasteiger partial charge is 0.0952 e. The second-order valence-corrected chi connectivity index (χ2v) is 6.06. The summed E-state index contributed by atoms with van der Waals surface area (Å²) in [6.07, 6.45) is 5.70. The zero-order valence-electron chi connectivity index (χ0n) is 10.5. The molecule has 2 aromatic heterocycles. The monoisotopic (exact) mass is 250 g/mol. The first-order valence-electron chi connectivity index (χ1n) is 5.66. The van der Waals surface area contributed by atoms with Gasteiger partial charge in [0, 0.05) is 29.4 Å². The fraction of sp³-hybridized carbons (Fsp3) is 0.500. The summed E-state index contributed by atoms with van der Waals surface area (Å²) in [5.74, 6) is 0. The van der Waals surface area contributed by atoms with E-state index >= 15 is 0 Å². The maximum Gasteiger partial charge on any atom is 0.0952 e. The van der Waals surface area contributed by atoms with E-state index < -0.39 is 0 Å². The molecular formula is C12H18N4S. The quantitative estimate of drug-likeness (QED) is 0.905. The van der Waals surface area contributed by atoms with Crippen molar-refractivity contribution in [1.82, 2.24) is 19.9 Å². The van der Waals surface area contributed by atoms with E-state index in [0.29, 0.717) is 0 Å². The molecule has 0 fully saturated rings. The molecule has 0 bridgehead atoms. The Bertz CT molecular complexity index is 453. The molecule has 0 atom stereocenters. The molecule has 2 rings (SSSR count). The third-order valence-electron chi connectivity index (χ3n) is 2.41. The number of imidazole rings is 1. The lowest BCUT2D eigenvalue weighted by Gasteiger charge is -2.20. The van der Waals surface area contributed by atoms with E-state index in [1.807, 2.05) is 24.2 Å². The molecule has 0 aliphatic carbocycles. The lowest BCUT2D eigenvalue weighted by Crippen LogP contribution is -2.35. The minimum absolute atomic E-state index is 0.125. The van der Waals surface area contributed by atoms with Crippen LogP contribution < -0.4 is 5.32 Å². The van der Waals surface area contributed by atoms with Crippen LogP contribution in [0.1, 0.15) is 31.3 Å². The second kappa shape index (κ2) is 4.98. The van der Waals surface area contributed by atoms with Crippen molar-refractivity contribution in [3.05, 3.63) is 34.8 Å². The third-order valence-corrected chi connectivity index (χ3v) is 3.17. The van der Waals surface area contributed by atoms with Crippen molar-refractivity contribution in [3.8, 4) is 0 Å². The van der Waals surface area contributed by atoms with E-state index in [1.54, 1.807) is 11.3 Å². The van der Waals surface area contributed by atoms with Crippen molar-refractivity contribution in [2.24, 2.45) is 0 Å². The summed E-state index contributed by atoms with van der Waals surface area (Å²) in [5.41, 5.74) is 3.19. The van der Waals surface area contributed by atoms with Crippen LogP contribution in [0.3, 0.4) is 0 Å². The third kappa shape index (κ3) is 3.64. The van der Waals surface area contributed by atoms with Gasteiger partial charge in [-0.1, -0.05) is 0 Å². The molecule has 2 heterocycles. The van der Waals surface area contributed by atoms with Gasteiger partial charge in [-0.05, 0) is 20.8 Å². The van der Waals surface area contributed by atoms with Gasteiger partial charge in [-0.25, -0.2) is 4.98 Å². The Balaban J connectivity index is 2.02. The molecule has 4 nitrogen and oxygen atoms in total. The highest BCUT2D eigenvalue weighted by atomic mass is 32.1. The van der Waals surface area contributed by atoms with Crippen LogP contribution in [0.4, 0.5) is 0 Å². The van der Waals surface area contributed by atoms with Crippen molar-refractivity contribution >= 4 is 11.3 Å². The highest BCUT2D eigenvalue weighted by Gasteiger charge is 2.10. The Kier molecular flexibility index (Phi) is 3.59. The van der Waals surface area contributed by atoms with Crippen LogP contribution in [0.2, 0.25) is 0 Å². The van der Waals surface area contributed by atoms with Crippen LogP contribution >= 0.6 is 11.3 Å². The molecule has 0 spiro atoms. The van der Waals surface area contributed by atoms with E-state index in [4.69, 9.17) is 0 Å². The average Bonchev–Trinajstić information content (AvgIpc) is 2.86. The molecule has 0 radical (unpaired) electrons. The zero-order valence-corrected chi connectivity index (χ0v) is 11.3. The first-order valence-corrected chi connectivity index (χ1v) is 6.54. The largest absolute Gasteiger partial charge is 0.328 e. The summed E-state index contributed by atoms with van der Waals surface area (Å²) in [7, 11) is 0. The van der Waals surface area contributed by atoms with Gasteiger partial charge in [0.1, 0.15) is 0 Å². The Hall–Kier alpha value is -1.20. The van der Waals surface area contributed by atoms with Crippen LogP contribution in [-0.2, 0) is 13.1 Å². The van der Waals surface area contributed by atoms with E-state index in [0.717, 1.165) is 13.1 Å². The van der Waals surface area contributed by atoms with Crippen LogP contribution in [0.15, 0.2) is 24.2 Å². The van der Waals surface area contributed by atoms with Crippen molar-refractivity contribution in [2.75, 3.05) is 0 Å². The summed E-state index contributed by atoms with van der Waals surface area (Å²) in [6.45, 7) is 8.18. The summed E-state index contributed by atoms with van der Waals surface area (Å²) in [6, 6.07) is 0. The lowest BCUT2D eigenvalue weighted by molar-refractivity contribution is 0.417.